The Kier molecular flexibility index (Phi) is 9.16. The molecule has 0 aliphatic carbocycles. The van der Waals surface area contributed by atoms with Crippen LogP contribution in [0.2, 0.25) is 10.0 Å². The molecule has 144 valence electrons. The molecule has 2 rings (SSSR count). The van der Waals surface area contributed by atoms with Crippen molar-refractivity contribution in [2.75, 3.05) is 10.6 Å². The standard InChI is InChI=1S/C21H24Cl2N2O2/c22-16-8-12-18(13-9-16)24-20(26)6-4-2-1-3-5-7-21(27)25-19-14-10-17(23)11-15-19/h8-15H,1-7H2,(H,24,26)(H,25,27). The highest BCUT2D eigenvalue weighted by molar-refractivity contribution is 6.30. The highest BCUT2D eigenvalue weighted by Crippen LogP contribution is 2.15. The molecular weight excluding hydrogens is 383 g/mol. The number of unbranched alkanes of at least 4 members (excludes halogenated alkanes) is 4. The number of amides is 2. The van der Waals surface area contributed by atoms with E-state index in [1.54, 1.807) is 48.5 Å². The van der Waals surface area contributed by atoms with Gasteiger partial charge in [0.05, 0.1) is 0 Å². The molecule has 0 fully saturated rings. The average molecular weight is 407 g/mol. The van der Waals surface area contributed by atoms with Gasteiger partial charge in [-0.1, -0.05) is 42.5 Å². The monoisotopic (exact) mass is 406 g/mol. The van der Waals surface area contributed by atoms with E-state index in [9.17, 15) is 9.59 Å². The lowest BCUT2D eigenvalue weighted by molar-refractivity contribution is -0.117. The van der Waals surface area contributed by atoms with E-state index in [1.165, 1.54) is 0 Å². The van der Waals surface area contributed by atoms with Gasteiger partial charge < -0.3 is 10.6 Å². The zero-order valence-electron chi connectivity index (χ0n) is 15.1. The Balaban J connectivity index is 1.49. The molecule has 0 bridgehead atoms. The minimum absolute atomic E-state index is 0.0136. The molecular formula is C21H24Cl2N2O2. The van der Waals surface area contributed by atoms with Gasteiger partial charge in [0.1, 0.15) is 0 Å². The molecule has 6 heteroatoms. The molecule has 2 aromatic carbocycles. The molecule has 4 nitrogen and oxygen atoms in total. The van der Waals surface area contributed by atoms with Crippen molar-refractivity contribution in [3.05, 3.63) is 58.6 Å². The number of benzene rings is 2. The highest BCUT2D eigenvalue weighted by Gasteiger charge is 2.04. The molecule has 0 atom stereocenters. The molecule has 27 heavy (non-hydrogen) atoms. The van der Waals surface area contributed by atoms with Gasteiger partial charge in [0.25, 0.3) is 0 Å². The third-order valence-corrected chi connectivity index (χ3v) is 4.57. The van der Waals surface area contributed by atoms with Crippen LogP contribution in [0.1, 0.15) is 44.9 Å². The SMILES string of the molecule is O=C(CCCCCCCC(=O)Nc1ccc(Cl)cc1)Nc1ccc(Cl)cc1. The fourth-order valence-electron chi connectivity index (χ4n) is 2.61. The van der Waals surface area contributed by atoms with Crippen molar-refractivity contribution < 1.29 is 9.59 Å². The number of anilines is 2. The van der Waals surface area contributed by atoms with Crippen LogP contribution >= 0.6 is 23.2 Å². The van der Waals surface area contributed by atoms with Gasteiger partial charge in [0.2, 0.25) is 11.8 Å². The van der Waals surface area contributed by atoms with Crippen LogP contribution in [-0.4, -0.2) is 11.8 Å². The normalized spacial score (nSPS) is 10.4. The predicted molar refractivity (Wildman–Crippen MR) is 112 cm³/mol. The summed E-state index contributed by atoms with van der Waals surface area (Å²) in [6.45, 7) is 0. The zero-order valence-corrected chi connectivity index (χ0v) is 16.7. The number of carbonyl (C=O) groups is 2. The Bertz CT molecular complexity index is 667. The number of hydrogen-bond donors (Lipinski definition) is 2. The Hall–Kier alpha value is -2.04. The Morgan fingerprint density at radius 3 is 1.30 bits per heavy atom. The van der Waals surface area contributed by atoms with Gasteiger partial charge in [0, 0.05) is 34.3 Å². The van der Waals surface area contributed by atoms with Crippen LogP contribution in [0, 0.1) is 0 Å². The first-order valence-electron chi connectivity index (χ1n) is 9.14. The first-order chi connectivity index (χ1) is 13.0. The third kappa shape index (κ3) is 8.94. The maximum Gasteiger partial charge on any atom is 0.224 e. The van der Waals surface area contributed by atoms with E-state index < -0.39 is 0 Å². The highest BCUT2D eigenvalue weighted by atomic mass is 35.5. The third-order valence-electron chi connectivity index (χ3n) is 4.06. The molecule has 0 heterocycles. The maximum atomic E-state index is 11.9. The van der Waals surface area contributed by atoms with Gasteiger partial charge in [-0.25, -0.2) is 0 Å². The van der Waals surface area contributed by atoms with Gasteiger partial charge in [-0.2, -0.15) is 0 Å². The van der Waals surface area contributed by atoms with E-state index >= 15 is 0 Å². The lowest BCUT2D eigenvalue weighted by atomic mass is 10.1. The Morgan fingerprint density at radius 1 is 0.593 bits per heavy atom. The van der Waals surface area contributed by atoms with Crippen LogP contribution in [0.15, 0.2) is 48.5 Å². The first kappa shape index (κ1) is 21.3. The molecule has 0 aliphatic heterocycles. The second kappa shape index (κ2) is 11.6. The largest absolute Gasteiger partial charge is 0.326 e. The number of nitrogens with one attached hydrogen (secondary N) is 2. The summed E-state index contributed by atoms with van der Waals surface area (Å²) in [5.41, 5.74) is 1.52. The minimum atomic E-state index is 0.0136. The van der Waals surface area contributed by atoms with Crippen LogP contribution in [0.4, 0.5) is 11.4 Å². The van der Waals surface area contributed by atoms with E-state index in [0.717, 1.165) is 43.5 Å². The fraction of sp³-hybridized carbons (Fsp3) is 0.333. The molecule has 2 N–H and O–H groups in total. The van der Waals surface area contributed by atoms with Crippen molar-refractivity contribution in [3.63, 3.8) is 0 Å². The molecule has 2 amide bonds. The van der Waals surface area contributed by atoms with Gasteiger partial charge in [-0.3, -0.25) is 9.59 Å². The molecule has 0 aromatic heterocycles. The quantitative estimate of drug-likeness (QED) is 0.454. The molecule has 0 unspecified atom stereocenters. The second-order valence-electron chi connectivity index (χ2n) is 6.38. The van der Waals surface area contributed by atoms with Gasteiger partial charge in [0.15, 0.2) is 0 Å². The van der Waals surface area contributed by atoms with Crippen LogP contribution in [-0.2, 0) is 9.59 Å². The van der Waals surface area contributed by atoms with Crippen LogP contribution in [0.25, 0.3) is 0 Å². The van der Waals surface area contributed by atoms with E-state index in [2.05, 4.69) is 10.6 Å². The van der Waals surface area contributed by atoms with Gasteiger partial charge >= 0.3 is 0 Å². The first-order valence-corrected chi connectivity index (χ1v) is 9.89. The molecule has 2 aromatic rings. The molecule has 0 saturated carbocycles. The van der Waals surface area contributed by atoms with Crippen molar-refractivity contribution in [1.82, 2.24) is 0 Å². The molecule has 0 saturated heterocycles. The van der Waals surface area contributed by atoms with Gasteiger partial charge in [-0.15, -0.1) is 0 Å². The number of rotatable bonds is 10. The van der Waals surface area contributed by atoms with E-state index in [-0.39, 0.29) is 11.8 Å². The summed E-state index contributed by atoms with van der Waals surface area (Å²) < 4.78 is 0. The zero-order chi connectivity index (χ0) is 19.5. The van der Waals surface area contributed by atoms with E-state index in [1.807, 2.05) is 0 Å². The lowest BCUT2D eigenvalue weighted by Crippen LogP contribution is -2.11. The number of hydrogen-bond acceptors (Lipinski definition) is 2. The summed E-state index contributed by atoms with van der Waals surface area (Å²) in [5.74, 6) is 0.0272. The van der Waals surface area contributed by atoms with E-state index in [0.29, 0.717) is 22.9 Å². The van der Waals surface area contributed by atoms with Crippen molar-refractivity contribution in [3.8, 4) is 0 Å². The summed E-state index contributed by atoms with van der Waals surface area (Å²) in [6.07, 6.45) is 5.66. The van der Waals surface area contributed by atoms with Gasteiger partial charge in [-0.05, 0) is 61.4 Å². The van der Waals surface area contributed by atoms with Crippen LogP contribution in [0.5, 0.6) is 0 Å². The predicted octanol–water partition coefficient (Wildman–Crippen LogP) is 6.30. The van der Waals surface area contributed by atoms with Crippen molar-refractivity contribution in [1.29, 1.82) is 0 Å². The topological polar surface area (TPSA) is 58.2 Å². The smallest absolute Gasteiger partial charge is 0.224 e. The van der Waals surface area contributed by atoms with Crippen LogP contribution < -0.4 is 10.6 Å². The average Bonchev–Trinajstić information content (AvgIpc) is 2.65. The molecule has 0 radical (unpaired) electrons. The summed E-state index contributed by atoms with van der Waals surface area (Å²) in [6, 6.07) is 14.1. The summed E-state index contributed by atoms with van der Waals surface area (Å²) in [4.78, 5) is 23.7. The Labute approximate surface area is 170 Å². The van der Waals surface area contributed by atoms with Crippen molar-refractivity contribution in [2.24, 2.45) is 0 Å². The van der Waals surface area contributed by atoms with Crippen molar-refractivity contribution >= 4 is 46.4 Å². The Morgan fingerprint density at radius 2 is 0.926 bits per heavy atom. The summed E-state index contributed by atoms with van der Waals surface area (Å²) in [5, 5.41) is 7.00. The minimum Gasteiger partial charge on any atom is -0.326 e. The molecule has 0 aliphatic rings. The second-order valence-corrected chi connectivity index (χ2v) is 7.25. The maximum absolute atomic E-state index is 11.9. The summed E-state index contributed by atoms with van der Waals surface area (Å²) in [7, 11) is 0. The number of halogens is 2. The summed E-state index contributed by atoms with van der Waals surface area (Å²) >= 11 is 11.6. The fourth-order valence-corrected chi connectivity index (χ4v) is 2.87. The van der Waals surface area contributed by atoms with Crippen LogP contribution in [0.3, 0.4) is 0 Å². The molecule has 0 spiro atoms. The van der Waals surface area contributed by atoms with E-state index in [4.69, 9.17) is 23.2 Å². The van der Waals surface area contributed by atoms with Crippen molar-refractivity contribution in [2.45, 2.75) is 44.9 Å². The lowest BCUT2D eigenvalue weighted by Gasteiger charge is -2.06. The number of carbonyl (C=O) groups excluding carboxylic acids is 2.